The van der Waals surface area contributed by atoms with E-state index in [1.807, 2.05) is 0 Å². The van der Waals surface area contributed by atoms with Gasteiger partial charge in [0, 0.05) is 23.5 Å². The van der Waals surface area contributed by atoms with Crippen LogP contribution in [0.4, 0.5) is 4.39 Å². The van der Waals surface area contributed by atoms with E-state index in [0.717, 1.165) is 11.8 Å². The van der Waals surface area contributed by atoms with Crippen molar-refractivity contribution in [2.24, 2.45) is 0 Å². The van der Waals surface area contributed by atoms with Gasteiger partial charge in [-0.1, -0.05) is 0 Å². The van der Waals surface area contributed by atoms with Gasteiger partial charge in [-0.2, -0.15) is 0 Å². The molecule has 0 aliphatic heterocycles. The lowest BCUT2D eigenvalue weighted by Gasteiger charge is -2.05. The largest absolute Gasteiger partial charge is 0.392 e. The summed E-state index contributed by atoms with van der Waals surface area (Å²) in [6.07, 6.45) is 4.39. The highest BCUT2D eigenvalue weighted by Crippen LogP contribution is 2.20. The Balaban J connectivity index is 2.53. The third kappa shape index (κ3) is 1.99. The minimum atomic E-state index is -0.447. The number of hydrogen-bond acceptors (Lipinski definition) is 3. The third-order valence-electron chi connectivity index (χ3n) is 2.06. The van der Waals surface area contributed by atoms with Crippen molar-refractivity contribution in [3.63, 3.8) is 0 Å². The molecule has 0 radical (unpaired) electrons. The summed E-state index contributed by atoms with van der Waals surface area (Å²) in [4.78, 5) is 7.84. The molecule has 0 atom stereocenters. The summed E-state index contributed by atoms with van der Waals surface area (Å²) in [6.45, 7) is -0.234. The van der Waals surface area contributed by atoms with E-state index in [0.29, 0.717) is 11.3 Å². The maximum Gasteiger partial charge on any atom is 0.141 e. The maximum atomic E-state index is 12.9. The van der Waals surface area contributed by atoms with Gasteiger partial charge in [0.2, 0.25) is 0 Å². The van der Waals surface area contributed by atoms with Crippen LogP contribution < -0.4 is 0 Å². The fraction of sp³-hybridized carbons (Fsp3) is 0.0909. The molecule has 2 heterocycles. The fourth-order valence-electron chi connectivity index (χ4n) is 1.37. The van der Waals surface area contributed by atoms with Gasteiger partial charge in [-0.3, -0.25) is 9.97 Å². The Kier molecular flexibility index (Phi) is 2.69. The molecule has 3 nitrogen and oxygen atoms in total. The molecule has 0 spiro atoms. The van der Waals surface area contributed by atoms with Crippen molar-refractivity contribution in [3.05, 3.63) is 48.2 Å². The molecule has 0 fully saturated rings. The van der Waals surface area contributed by atoms with E-state index in [4.69, 9.17) is 5.11 Å². The SMILES string of the molecule is OCc1cc(F)cnc1-c1ccncc1. The lowest BCUT2D eigenvalue weighted by Crippen LogP contribution is -1.94. The molecule has 2 rings (SSSR count). The number of halogens is 1. The van der Waals surface area contributed by atoms with Gasteiger partial charge in [-0.15, -0.1) is 0 Å². The van der Waals surface area contributed by atoms with Gasteiger partial charge in [0.15, 0.2) is 0 Å². The van der Waals surface area contributed by atoms with E-state index in [9.17, 15) is 4.39 Å². The summed E-state index contributed by atoms with van der Waals surface area (Å²) < 4.78 is 12.9. The summed E-state index contributed by atoms with van der Waals surface area (Å²) in [5.41, 5.74) is 1.87. The number of aromatic nitrogens is 2. The van der Waals surface area contributed by atoms with E-state index in [-0.39, 0.29) is 6.61 Å². The Morgan fingerprint density at radius 2 is 2.00 bits per heavy atom. The number of hydrogen-bond donors (Lipinski definition) is 1. The Morgan fingerprint density at radius 1 is 1.27 bits per heavy atom. The molecule has 1 N–H and O–H groups in total. The molecule has 0 amide bonds. The van der Waals surface area contributed by atoms with Crippen LogP contribution in [-0.2, 0) is 6.61 Å². The van der Waals surface area contributed by atoms with Gasteiger partial charge >= 0.3 is 0 Å². The minimum Gasteiger partial charge on any atom is -0.392 e. The van der Waals surface area contributed by atoms with Crippen LogP contribution in [0.3, 0.4) is 0 Å². The third-order valence-corrected chi connectivity index (χ3v) is 2.06. The number of aliphatic hydroxyl groups excluding tert-OH is 1. The first-order chi connectivity index (χ1) is 7.31. The van der Waals surface area contributed by atoms with Gasteiger partial charge in [0.1, 0.15) is 5.82 Å². The van der Waals surface area contributed by atoms with Crippen LogP contribution in [0, 0.1) is 5.82 Å². The van der Waals surface area contributed by atoms with Gasteiger partial charge < -0.3 is 5.11 Å². The van der Waals surface area contributed by atoms with Crippen LogP contribution in [0.1, 0.15) is 5.56 Å². The van der Waals surface area contributed by atoms with E-state index in [1.54, 1.807) is 24.5 Å². The lowest BCUT2D eigenvalue weighted by atomic mass is 10.1. The van der Waals surface area contributed by atoms with Crippen LogP contribution in [0.2, 0.25) is 0 Å². The van der Waals surface area contributed by atoms with Crippen LogP contribution in [0.25, 0.3) is 11.3 Å². The second kappa shape index (κ2) is 4.14. The van der Waals surface area contributed by atoms with Gasteiger partial charge in [0.05, 0.1) is 18.5 Å². The molecule has 0 aliphatic rings. The molecule has 0 unspecified atom stereocenters. The highest BCUT2D eigenvalue weighted by molar-refractivity contribution is 5.61. The van der Waals surface area contributed by atoms with E-state index < -0.39 is 5.82 Å². The quantitative estimate of drug-likeness (QED) is 0.810. The topological polar surface area (TPSA) is 46.0 Å². The number of rotatable bonds is 2. The van der Waals surface area contributed by atoms with Crippen LogP contribution in [0.5, 0.6) is 0 Å². The van der Waals surface area contributed by atoms with Crippen LogP contribution >= 0.6 is 0 Å². The first-order valence-corrected chi connectivity index (χ1v) is 4.47. The second-order valence-corrected chi connectivity index (χ2v) is 3.06. The Morgan fingerprint density at radius 3 is 2.67 bits per heavy atom. The number of aliphatic hydroxyl groups is 1. The standard InChI is InChI=1S/C11H9FN2O/c12-10-5-9(7-15)11(14-6-10)8-1-3-13-4-2-8/h1-6,15H,7H2. The fourth-order valence-corrected chi connectivity index (χ4v) is 1.37. The van der Waals surface area contributed by atoms with Crippen LogP contribution in [-0.4, -0.2) is 15.1 Å². The first kappa shape index (κ1) is 9.73. The summed E-state index contributed by atoms with van der Waals surface area (Å²) in [5.74, 6) is -0.447. The van der Waals surface area contributed by atoms with Crippen molar-refractivity contribution in [1.29, 1.82) is 0 Å². The zero-order chi connectivity index (χ0) is 10.7. The maximum absolute atomic E-state index is 12.9. The van der Waals surface area contributed by atoms with E-state index in [1.165, 1.54) is 6.07 Å². The number of nitrogens with zero attached hydrogens (tertiary/aromatic N) is 2. The molecule has 0 saturated heterocycles. The molecular formula is C11H9FN2O. The predicted molar refractivity (Wildman–Crippen MR) is 53.3 cm³/mol. The molecule has 0 saturated carbocycles. The Labute approximate surface area is 86.3 Å². The van der Waals surface area contributed by atoms with Crippen molar-refractivity contribution in [1.82, 2.24) is 9.97 Å². The monoisotopic (exact) mass is 204 g/mol. The van der Waals surface area contributed by atoms with E-state index >= 15 is 0 Å². The Bertz CT molecular complexity index is 459. The smallest absolute Gasteiger partial charge is 0.141 e. The number of pyridine rings is 2. The van der Waals surface area contributed by atoms with Crippen molar-refractivity contribution >= 4 is 0 Å². The van der Waals surface area contributed by atoms with Crippen molar-refractivity contribution in [3.8, 4) is 11.3 Å². The molecule has 15 heavy (non-hydrogen) atoms. The van der Waals surface area contributed by atoms with E-state index in [2.05, 4.69) is 9.97 Å². The minimum absolute atomic E-state index is 0.234. The van der Waals surface area contributed by atoms with Crippen molar-refractivity contribution in [2.75, 3.05) is 0 Å². The molecule has 0 aliphatic carbocycles. The first-order valence-electron chi connectivity index (χ1n) is 4.47. The predicted octanol–water partition coefficient (Wildman–Crippen LogP) is 1.77. The molecule has 0 aromatic carbocycles. The summed E-state index contributed by atoms with van der Waals surface area (Å²) >= 11 is 0. The van der Waals surface area contributed by atoms with Crippen LogP contribution in [0.15, 0.2) is 36.8 Å². The van der Waals surface area contributed by atoms with Gasteiger partial charge in [-0.25, -0.2) is 4.39 Å². The normalized spacial score (nSPS) is 10.3. The van der Waals surface area contributed by atoms with Gasteiger partial charge in [0.25, 0.3) is 0 Å². The summed E-state index contributed by atoms with van der Waals surface area (Å²) in [6, 6.07) is 4.81. The van der Waals surface area contributed by atoms with Crippen molar-refractivity contribution in [2.45, 2.75) is 6.61 Å². The highest BCUT2D eigenvalue weighted by atomic mass is 19.1. The molecule has 4 heteroatoms. The van der Waals surface area contributed by atoms with Gasteiger partial charge in [-0.05, 0) is 18.2 Å². The zero-order valence-corrected chi connectivity index (χ0v) is 7.89. The average molecular weight is 204 g/mol. The lowest BCUT2D eigenvalue weighted by molar-refractivity contribution is 0.281. The summed E-state index contributed by atoms with van der Waals surface area (Å²) in [5, 5.41) is 9.08. The molecule has 2 aromatic heterocycles. The molecule has 0 bridgehead atoms. The highest BCUT2D eigenvalue weighted by Gasteiger charge is 2.06. The Hall–Kier alpha value is -1.81. The summed E-state index contributed by atoms with van der Waals surface area (Å²) in [7, 11) is 0. The molecule has 2 aromatic rings. The molecular weight excluding hydrogens is 195 g/mol. The van der Waals surface area contributed by atoms with Crippen molar-refractivity contribution < 1.29 is 9.50 Å². The zero-order valence-electron chi connectivity index (χ0n) is 7.89. The average Bonchev–Trinajstić information content (AvgIpc) is 2.30. The molecule has 76 valence electrons. The second-order valence-electron chi connectivity index (χ2n) is 3.06.